The highest BCUT2D eigenvalue weighted by atomic mass is 19.1. The molecule has 3 rings (SSSR count). The number of halogens is 1. The van der Waals surface area contributed by atoms with E-state index in [0.717, 1.165) is 18.4 Å². The molecule has 3 aromatic carbocycles. The Morgan fingerprint density at radius 3 is 1.97 bits per heavy atom. The zero-order valence-electron chi connectivity index (χ0n) is 17.8. The van der Waals surface area contributed by atoms with Gasteiger partial charge < -0.3 is 10.4 Å². The predicted octanol–water partition coefficient (Wildman–Crippen LogP) is 5.02. The van der Waals surface area contributed by atoms with Crippen LogP contribution in [0.25, 0.3) is 0 Å². The molecule has 2 N–H and O–H groups in total. The second kappa shape index (κ2) is 11.4. The van der Waals surface area contributed by atoms with Gasteiger partial charge in [0, 0.05) is 25.0 Å². The molecule has 0 saturated carbocycles. The number of hydrogen-bond donors (Lipinski definition) is 2. The summed E-state index contributed by atoms with van der Waals surface area (Å²) >= 11 is 0. The minimum absolute atomic E-state index is 0.00324. The number of aryl methyl sites for hydroxylation is 1. The van der Waals surface area contributed by atoms with Gasteiger partial charge in [-0.3, -0.25) is 4.79 Å². The Morgan fingerprint density at radius 2 is 1.42 bits per heavy atom. The number of carbonyl (C=O) groups is 1. The van der Waals surface area contributed by atoms with Crippen LogP contribution in [0.1, 0.15) is 42.4 Å². The Kier molecular flexibility index (Phi) is 8.36. The molecule has 0 bridgehead atoms. The van der Waals surface area contributed by atoms with Crippen molar-refractivity contribution in [1.82, 2.24) is 5.32 Å². The van der Waals surface area contributed by atoms with Gasteiger partial charge >= 0.3 is 0 Å². The van der Waals surface area contributed by atoms with Gasteiger partial charge in [-0.1, -0.05) is 72.8 Å². The second-order valence-electron chi connectivity index (χ2n) is 7.87. The molecule has 0 fully saturated rings. The summed E-state index contributed by atoms with van der Waals surface area (Å²) in [4.78, 5) is 12.2. The molecule has 0 heterocycles. The summed E-state index contributed by atoms with van der Waals surface area (Å²) in [5.74, 6) is -0.270. The molecule has 3 nitrogen and oxygen atoms in total. The summed E-state index contributed by atoms with van der Waals surface area (Å²) in [6.07, 6.45) is 3.21. The molecule has 0 aliphatic carbocycles. The zero-order valence-corrected chi connectivity index (χ0v) is 17.8. The molecular formula is C27H30FNO2. The van der Waals surface area contributed by atoms with Crippen molar-refractivity contribution < 1.29 is 14.3 Å². The van der Waals surface area contributed by atoms with Crippen molar-refractivity contribution in [3.05, 3.63) is 107 Å². The van der Waals surface area contributed by atoms with Gasteiger partial charge in [0.25, 0.3) is 0 Å². The third-order valence-corrected chi connectivity index (χ3v) is 5.85. The lowest BCUT2D eigenvalue weighted by Gasteiger charge is -2.35. The number of amides is 1. The maximum Gasteiger partial charge on any atom is 0.220 e. The van der Waals surface area contributed by atoms with Gasteiger partial charge in [-0.15, -0.1) is 0 Å². The molecule has 4 heteroatoms. The normalized spacial score (nSPS) is 11.3. The van der Waals surface area contributed by atoms with Gasteiger partial charge in [0.1, 0.15) is 5.82 Å². The van der Waals surface area contributed by atoms with Crippen molar-refractivity contribution in [1.29, 1.82) is 0 Å². The highest BCUT2D eigenvalue weighted by Crippen LogP contribution is 2.39. The maximum absolute atomic E-state index is 13.0. The Labute approximate surface area is 184 Å². The van der Waals surface area contributed by atoms with Crippen LogP contribution < -0.4 is 5.32 Å². The molecule has 0 aliphatic heterocycles. The van der Waals surface area contributed by atoms with Gasteiger partial charge in [0.2, 0.25) is 5.91 Å². The molecule has 0 radical (unpaired) electrons. The van der Waals surface area contributed by atoms with E-state index in [0.29, 0.717) is 25.8 Å². The molecule has 0 spiro atoms. The van der Waals surface area contributed by atoms with Crippen LogP contribution >= 0.6 is 0 Å². The van der Waals surface area contributed by atoms with Crippen LogP contribution in [0.4, 0.5) is 4.39 Å². The first-order valence-corrected chi connectivity index (χ1v) is 10.9. The quantitative estimate of drug-likeness (QED) is 0.429. The third kappa shape index (κ3) is 6.25. The summed E-state index contributed by atoms with van der Waals surface area (Å²) < 4.78 is 13.0. The van der Waals surface area contributed by atoms with Crippen LogP contribution in [0.5, 0.6) is 0 Å². The lowest BCUT2D eigenvalue weighted by molar-refractivity contribution is -0.121. The van der Waals surface area contributed by atoms with E-state index in [4.69, 9.17) is 0 Å². The minimum atomic E-state index is -0.296. The number of hydrogen-bond acceptors (Lipinski definition) is 2. The third-order valence-electron chi connectivity index (χ3n) is 5.85. The average molecular weight is 420 g/mol. The van der Waals surface area contributed by atoms with Gasteiger partial charge in [-0.25, -0.2) is 4.39 Å². The van der Waals surface area contributed by atoms with Crippen molar-refractivity contribution in [3.63, 3.8) is 0 Å². The molecule has 162 valence electrons. The largest absolute Gasteiger partial charge is 0.396 e. The lowest BCUT2D eigenvalue weighted by atomic mass is 9.69. The Hall–Kier alpha value is -2.98. The number of rotatable bonds is 11. The predicted molar refractivity (Wildman–Crippen MR) is 122 cm³/mol. The van der Waals surface area contributed by atoms with E-state index in [1.165, 1.54) is 23.3 Å². The van der Waals surface area contributed by atoms with Crippen LogP contribution in [0, 0.1) is 5.82 Å². The zero-order chi connectivity index (χ0) is 21.9. The number of carbonyl (C=O) groups excluding carboxylic acids is 1. The number of benzene rings is 3. The second-order valence-corrected chi connectivity index (χ2v) is 7.87. The van der Waals surface area contributed by atoms with Crippen molar-refractivity contribution in [2.45, 2.75) is 37.5 Å². The van der Waals surface area contributed by atoms with Crippen LogP contribution in [0.15, 0.2) is 84.9 Å². The Morgan fingerprint density at radius 1 is 0.839 bits per heavy atom. The van der Waals surface area contributed by atoms with E-state index >= 15 is 0 Å². The van der Waals surface area contributed by atoms with Gasteiger partial charge in [-0.05, 0) is 54.5 Å². The van der Waals surface area contributed by atoms with Crippen LogP contribution in [-0.4, -0.2) is 24.2 Å². The number of aliphatic hydroxyl groups is 1. The van der Waals surface area contributed by atoms with E-state index in [1.54, 1.807) is 12.1 Å². The average Bonchev–Trinajstić information content (AvgIpc) is 2.82. The van der Waals surface area contributed by atoms with Crippen molar-refractivity contribution >= 4 is 5.91 Å². The highest BCUT2D eigenvalue weighted by molar-refractivity contribution is 5.76. The Balaban J connectivity index is 1.60. The summed E-state index contributed by atoms with van der Waals surface area (Å²) in [6, 6.07) is 26.8. The van der Waals surface area contributed by atoms with E-state index in [-0.39, 0.29) is 23.7 Å². The van der Waals surface area contributed by atoms with E-state index in [1.807, 2.05) is 36.4 Å². The molecule has 0 unspecified atom stereocenters. The van der Waals surface area contributed by atoms with Gasteiger partial charge in [-0.2, -0.15) is 0 Å². The fourth-order valence-corrected chi connectivity index (χ4v) is 4.19. The van der Waals surface area contributed by atoms with Crippen LogP contribution in [0.3, 0.4) is 0 Å². The smallest absolute Gasteiger partial charge is 0.220 e. The van der Waals surface area contributed by atoms with E-state index in [9.17, 15) is 14.3 Å². The first kappa shape index (κ1) is 22.7. The molecule has 31 heavy (non-hydrogen) atoms. The molecule has 1 amide bonds. The minimum Gasteiger partial charge on any atom is -0.396 e. The van der Waals surface area contributed by atoms with Crippen molar-refractivity contribution in [2.24, 2.45) is 0 Å². The standard InChI is InChI=1S/C27H30FNO2/c28-25-15-12-22(13-16-25)14-17-26(31)29-20-7-18-27(19-21-30,23-8-3-1-4-9-23)24-10-5-2-6-11-24/h1-6,8-13,15-16,30H,7,14,17-21H2,(H,29,31). The lowest BCUT2D eigenvalue weighted by Crippen LogP contribution is -2.32. The SMILES string of the molecule is O=C(CCc1ccc(F)cc1)NCCCC(CCO)(c1ccccc1)c1ccccc1. The molecule has 0 aliphatic rings. The van der Waals surface area contributed by atoms with Crippen LogP contribution in [-0.2, 0) is 16.6 Å². The molecule has 0 aromatic heterocycles. The molecule has 0 saturated heterocycles. The van der Waals surface area contributed by atoms with Crippen LogP contribution in [0.2, 0.25) is 0 Å². The first-order chi connectivity index (χ1) is 15.1. The highest BCUT2D eigenvalue weighted by Gasteiger charge is 2.33. The van der Waals surface area contributed by atoms with Crippen molar-refractivity contribution in [2.75, 3.05) is 13.2 Å². The first-order valence-electron chi connectivity index (χ1n) is 10.9. The summed E-state index contributed by atoms with van der Waals surface area (Å²) in [7, 11) is 0. The van der Waals surface area contributed by atoms with Gasteiger partial charge in [0.05, 0.1) is 0 Å². The molecule has 0 atom stereocenters. The fraction of sp³-hybridized carbons (Fsp3) is 0.296. The summed E-state index contributed by atoms with van der Waals surface area (Å²) in [5.41, 5.74) is 3.01. The summed E-state index contributed by atoms with van der Waals surface area (Å²) in [6.45, 7) is 0.670. The number of nitrogens with one attached hydrogen (secondary N) is 1. The van der Waals surface area contributed by atoms with E-state index in [2.05, 4.69) is 29.6 Å². The monoisotopic (exact) mass is 419 g/mol. The molecule has 3 aromatic rings. The number of aliphatic hydroxyl groups excluding tert-OH is 1. The maximum atomic E-state index is 13.0. The molecular weight excluding hydrogens is 389 g/mol. The van der Waals surface area contributed by atoms with Gasteiger partial charge in [0.15, 0.2) is 0 Å². The topological polar surface area (TPSA) is 49.3 Å². The van der Waals surface area contributed by atoms with E-state index < -0.39 is 0 Å². The fourth-order valence-electron chi connectivity index (χ4n) is 4.19. The summed E-state index contributed by atoms with van der Waals surface area (Å²) in [5, 5.41) is 12.9. The Bertz CT molecular complexity index is 887. The van der Waals surface area contributed by atoms with Crippen molar-refractivity contribution in [3.8, 4) is 0 Å².